The Kier molecular flexibility index (Phi) is 6.27. The van der Waals surface area contributed by atoms with Gasteiger partial charge in [0.15, 0.2) is 0 Å². The standard InChI is InChI=1S/C27H25NO3/c1-31-26-11-5-9-24(27(29)30)23(26)17-13-20-7-4-6-19(18-20)12-15-22-16-14-21-8-2-3-10-25(21)28-22/h2-11,14,16,18H,12-13,15,17H2,1H3,(H,29,30). The molecule has 0 aliphatic carbocycles. The fraction of sp³-hybridized carbons (Fsp3) is 0.185. The molecule has 31 heavy (non-hydrogen) atoms. The number of aromatic nitrogens is 1. The molecule has 0 amide bonds. The van der Waals surface area contributed by atoms with Gasteiger partial charge in [-0.05, 0) is 61.1 Å². The number of hydrogen-bond donors (Lipinski definition) is 1. The number of carbonyl (C=O) groups is 1. The van der Waals surface area contributed by atoms with E-state index in [1.807, 2.05) is 24.3 Å². The molecule has 0 unspecified atom stereocenters. The summed E-state index contributed by atoms with van der Waals surface area (Å²) in [6.07, 6.45) is 3.15. The Hall–Kier alpha value is -3.66. The molecular formula is C27H25NO3. The van der Waals surface area contributed by atoms with Gasteiger partial charge in [-0.15, -0.1) is 0 Å². The summed E-state index contributed by atoms with van der Waals surface area (Å²) in [4.78, 5) is 16.4. The van der Waals surface area contributed by atoms with E-state index in [1.54, 1.807) is 19.2 Å². The smallest absolute Gasteiger partial charge is 0.336 e. The van der Waals surface area contributed by atoms with Crippen LogP contribution in [0.5, 0.6) is 5.75 Å². The summed E-state index contributed by atoms with van der Waals surface area (Å²) in [7, 11) is 1.58. The molecule has 1 aromatic heterocycles. The zero-order chi connectivity index (χ0) is 21.6. The van der Waals surface area contributed by atoms with Crippen molar-refractivity contribution in [2.24, 2.45) is 0 Å². The average molecular weight is 412 g/mol. The van der Waals surface area contributed by atoms with Gasteiger partial charge in [0.2, 0.25) is 0 Å². The number of hydrogen-bond acceptors (Lipinski definition) is 3. The maximum absolute atomic E-state index is 11.6. The Morgan fingerprint density at radius 2 is 1.58 bits per heavy atom. The van der Waals surface area contributed by atoms with Gasteiger partial charge in [0.05, 0.1) is 18.2 Å². The van der Waals surface area contributed by atoms with Crippen LogP contribution in [-0.4, -0.2) is 23.2 Å². The maximum atomic E-state index is 11.6. The molecule has 0 bridgehead atoms. The SMILES string of the molecule is COc1cccc(C(=O)O)c1CCc1cccc(CCc2ccc3ccccc3n2)c1. The van der Waals surface area contributed by atoms with Crippen molar-refractivity contribution in [2.45, 2.75) is 25.7 Å². The molecule has 0 atom stereocenters. The van der Waals surface area contributed by atoms with Crippen molar-refractivity contribution in [3.8, 4) is 5.75 Å². The molecule has 0 spiro atoms. The molecule has 3 aromatic carbocycles. The predicted molar refractivity (Wildman–Crippen MR) is 123 cm³/mol. The third kappa shape index (κ3) is 4.92. The Morgan fingerprint density at radius 1 is 0.839 bits per heavy atom. The molecule has 0 aliphatic heterocycles. The summed E-state index contributed by atoms with van der Waals surface area (Å²) in [6.45, 7) is 0. The third-order valence-corrected chi connectivity index (χ3v) is 5.56. The van der Waals surface area contributed by atoms with Crippen LogP contribution in [0.15, 0.2) is 78.9 Å². The van der Waals surface area contributed by atoms with Gasteiger partial charge in [0, 0.05) is 16.6 Å². The minimum Gasteiger partial charge on any atom is -0.496 e. The molecule has 0 radical (unpaired) electrons. The number of aromatic carboxylic acids is 1. The number of nitrogens with zero attached hydrogens (tertiary/aromatic N) is 1. The molecule has 4 heteroatoms. The van der Waals surface area contributed by atoms with Gasteiger partial charge < -0.3 is 9.84 Å². The summed E-state index contributed by atoms with van der Waals surface area (Å²) in [5.74, 6) is -0.302. The molecule has 0 aliphatic rings. The van der Waals surface area contributed by atoms with Crippen LogP contribution in [-0.2, 0) is 25.7 Å². The summed E-state index contributed by atoms with van der Waals surface area (Å²) in [6, 6.07) is 26.0. The minimum absolute atomic E-state index is 0.304. The number of ether oxygens (including phenoxy) is 1. The Labute approximate surface area is 182 Å². The topological polar surface area (TPSA) is 59.4 Å². The van der Waals surface area contributed by atoms with E-state index in [4.69, 9.17) is 9.72 Å². The number of carboxylic acid groups (broad SMARTS) is 1. The van der Waals surface area contributed by atoms with Crippen LogP contribution in [0.4, 0.5) is 0 Å². The average Bonchev–Trinajstić information content (AvgIpc) is 2.81. The van der Waals surface area contributed by atoms with Crippen molar-refractivity contribution < 1.29 is 14.6 Å². The highest BCUT2D eigenvalue weighted by Gasteiger charge is 2.14. The van der Waals surface area contributed by atoms with Crippen LogP contribution >= 0.6 is 0 Å². The van der Waals surface area contributed by atoms with E-state index in [0.717, 1.165) is 41.4 Å². The molecule has 4 nitrogen and oxygen atoms in total. The van der Waals surface area contributed by atoms with Crippen LogP contribution in [0.25, 0.3) is 10.9 Å². The second-order valence-electron chi connectivity index (χ2n) is 7.61. The zero-order valence-electron chi connectivity index (χ0n) is 17.5. The molecule has 0 saturated heterocycles. The Morgan fingerprint density at radius 3 is 2.35 bits per heavy atom. The highest BCUT2D eigenvalue weighted by atomic mass is 16.5. The zero-order valence-corrected chi connectivity index (χ0v) is 17.5. The summed E-state index contributed by atoms with van der Waals surface area (Å²) >= 11 is 0. The highest BCUT2D eigenvalue weighted by molar-refractivity contribution is 5.90. The minimum atomic E-state index is -0.925. The van der Waals surface area contributed by atoms with Crippen molar-refractivity contribution in [1.29, 1.82) is 0 Å². The quantitative estimate of drug-likeness (QED) is 0.415. The number of benzene rings is 3. The fourth-order valence-corrected chi connectivity index (χ4v) is 3.95. The lowest BCUT2D eigenvalue weighted by Gasteiger charge is -2.12. The fourth-order valence-electron chi connectivity index (χ4n) is 3.95. The molecule has 0 fully saturated rings. The molecule has 4 rings (SSSR count). The van der Waals surface area contributed by atoms with E-state index in [9.17, 15) is 9.90 Å². The van der Waals surface area contributed by atoms with Gasteiger partial charge in [-0.25, -0.2) is 4.79 Å². The first-order valence-corrected chi connectivity index (χ1v) is 10.5. The van der Waals surface area contributed by atoms with Crippen molar-refractivity contribution in [3.63, 3.8) is 0 Å². The molecule has 4 aromatic rings. The summed E-state index contributed by atoms with van der Waals surface area (Å²) < 4.78 is 5.40. The van der Waals surface area contributed by atoms with Crippen LogP contribution in [0, 0.1) is 0 Å². The van der Waals surface area contributed by atoms with Crippen molar-refractivity contribution in [3.05, 3.63) is 107 Å². The number of rotatable bonds is 8. The van der Waals surface area contributed by atoms with Gasteiger partial charge in [0.25, 0.3) is 0 Å². The second-order valence-corrected chi connectivity index (χ2v) is 7.61. The molecule has 0 saturated carbocycles. The van der Waals surface area contributed by atoms with Crippen molar-refractivity contribution in [2.75, 3.05) is 7.11 Å². The first kappa shape index (κ1) is 20.6. The molecule has 1 N–H and O–H groups in total. The number of pyridine rings is 1. The van der Waals surface area contributed by atoms with Crippen LogP contribution < -0.4 is 4.74 Å². The number of fused-ring (bicyclic) bond motifs is 1. The predicted octanol–water partition coefficient (Wildman–Crippen LogP) is 5.51. The van der Waals surface area contributed by atoms with Gasteiger partial charge in [0.1, 0.15) is 5.75 Å². The normalized spacial score (nSPS) is 10.9. The van der Waals surface area contributed by atoms with E-state index in [0.29, 0.717) is 17.7 Å². The second kappa shape index (κ2) is 9.43. The summed E-state index contributed by atoms with van der Waals surface area (Å²) in [5.41, 5.74) is 5.60. The third-order valence-electron chi connectivity index (χ3n) is 5.56. The molecule has 1 heterocycles. The number of methoxy groups -OCH3 is 1. The van der Waals surface area contributed by atoms with Crippen LogP contribution in [0.1, 0.15) is 32.7 Å². The summed E-state index contributed by atoms with van der Waals surface area (Å²) in [5, 5.41) is 10.7. The monoisotopic (exact) mass is 411 g/mol. The first-order valence-electron chi connectivity index (χ1n) is 10.5. The van der Waals surface area contributed by atoms with E-state index in [-0.39, 0.29) is 0 Å². The van der Waals surface area contributed by atoms with Gasteiger partial charge in [-0.2, -0.15) is 0 Å². The van der Waals surface area contributed by atoms with E-state index < -0.39 is 5.97 Å². The first-order chi connectivity index (χ1) is 15.1. The largest absolute Gasteiger partial charge is 0.496 e. The van der Waals surface area contributed by atoms with Gasteiger partial charge >= 0.3 is 5.97 Å². The number of aryl methyl sites for hydroxylation is 3. The lowest BCUT2D eigenvalue weighted by Crippen LogP contribution is -2.06. The van der Waals surface area contributed by atoms with Crippen molar-refractivity contribution >= 4 is 16.9 Å². The molecule has 156 valence electrons. The van der Waals surface area contributed by atoms with E-state index in [2.05, 4.69) is 42.5 Å². The Balaban J connectivity index is 1.44. The number of carboxylic acids is 1. The van der Waals surface area contributed by atoms with E-state index >= 15 is 0 Å². The highest BCUT2D eigenvalue weighted by Crippen LogP contribution is 2.24. The van der Waals surface area contributed by atoms with Crippen LogP contribution in [0.3, 0.4) is 0 Å². The maximum Gasteiger partial charge on any atom is 0.336 e. The Bertz CT molecular complexity index is 1220. The molecular weight excluding hydrogens is 386 g/mol. The van der Waals surface area contributed by atoms with Crippen LogP contribution in [0.2, 0.25) is 0 Å². The van der Waals surface area contributed by atoms with E-state index in [1.165, 1.54) is 11.1 Å². The lowest BCUT2D eigenvalue weighted by molar-refractivity contribution is 0.0695. The van der Waals surface area contributed by atoms with Gasteiger partial charge in [-0.3, -0.25) is 4.98 Å². The number of para-hydroxylation sites is 1. The lowest BCUT2D eigenvalue weighted by atomic mass is 9.97. The van der Waals surface area contributed by atoms with Crippen molar-refractivity contribution in [1.82, 2.24) is 4.98 Å². The van der Waals surface area contributed by atoms with Gasteiger partial charge in [-0.1, -0.05) is 54.6 Å².